The van der Waals surface area contributed by atoms with E-state index in [-0.39, 0.29) is 53.5 Å². The first kappa shape index (κ1) is 28.6. The molecular formula is C29H32FN3O5S2. The zero-order chi connectivity index (χ0) is 29.0. The van der Waals surface area contributed by atoms with Crippen LogP contribution in [0.3, 0.4) is 0 Å². The fraction of sp³-hybridized carbons (Fsp3) is 0.448. The number of aliphatic hydroxyl groups is 1. The van der Waals surface area contributed by atoms with Gasteiger partial charge in [0.15, 0.2) is 5.60 Å². The van der Waals surface area contributed by atoms with Gasteiger partial charge in [0.05, 0.1) is 29.0 Å². The van der Waals surface area contributed by atoms with Crippen LogP contribution in [0.15, 0.2) is 23.0 Å². The lowest BCUT2D eigenvalue weighted by atomic mass is 9.86. The molecule has 0 bridgehead atoms. The Morgan fingerprint density at radius 2 is 2.02 bits per heavy atom. The van der Waals surface area contributed by atoms with Gasteiger partial charge in [-0.15, -0.1) is 0 Å². The Morgan fingerprint density at radius 1 is 1.27 bits per heavy atom. The minimum Gasteiger partial charge on any atom is -0.458 e. The Bertz CT molecular complexity index is 1620. The summed E-state index contributed by atoms with van der Waals surface area (Å²) < 4.78 is 21.3. The van der Waals surface area contributed by atoms with Crippen LogP contribution >= 0.6 is 21.6 Å². The van der Waals surface area contributed by atoms with Gasteiger partial charge < -0.3 is 19.7 Å². The van der Waals surface area contributed by atoms with Gasteiger partial charge in [0.2, 0.25) is 5.91 Å². The molecule has 11 heteroatoms. The molecule has 0 radical (unpaired) electrons. The number of nitrogens with one attached hydrogen (secondary N) is 1. The molecule has 3 aromatic rings. The summed E-state index contributed by atoms with van der Waals surface area (Å²) >= 11 is 0. The number of amides is 1. The number of carbonyl (C=O) groups is 2. The SMILES string of the molecule is CC[C@@]1(O)C(=O)OCc2c1cc1n(c2=O)Cc2c-1nc1cc(F)c(C)cc1c2CNC(=O)CCC(C)(C)SSC. The quantitative estimate of drug-likeness (QED) is 0.226. The molecule has 8 nitrogen and oxygen atoms in total. The Labute approximate surface area is 239 Å². The molecule has 0 spiro atoms. The number of pyridine rings is 2. The van der Waals surface area contributed by atoms with Crippen LogP contribution in [-0.2, 0) is 39.6 Å². The zero-order valence-corrected chi connectivity index (χ0v) is 24.8. The van der Waals surface area contributed by atoms with Crippen molar-refractivity contribution in [2.24, 2.45) is 0 Å². The molecule has 1 aromatic carbocycles. The van der Waals surface area contributed by atoms with Crippen LogP contribution in [0.4, 0.5) is 4.39 Å². The zero-order valence-electron chi connectivity index (χ0n) is 23.1. The number of cyclic esters (lactones) is 1. The summed E-state index contributed by atoms with van der Waals surface area (Å²) in [5.41, 5.74) is 1.38. The van der Waals surface area contributed by atoms with Crippen molar-refractivity contribution in [3.63, 3.8) is 0 Å². The summed E-state index contributed by atoms with van der Waals surface area (Å²) in [6.45, 7) is 7.68. The van der Waals surface area contributed by atoms with Crippen LogP contribution in [0.1, 0.15) is 67.9 Å². The first-order chi connectivity index (χ1) is 18.9. The van der Waals surface area contributed by atoms with Crippen molar-refractivity contribution in [3.8, 4) is 11.4 Å². The second kappa shape index (κ2) is 10.5. The lowest BCUT2D eigenvalue weighted by Crippen LogP contribution is -2.44. The Morgan fingerprint density at radius 3 is 2.73 bits per heavy atom. The van der Waals surface area contributed by atoms with Crippen molar-refractivity contribution in [2.45, 2.75) is 77.0 Å². The number of ether oxygens (including phenoxy) is 1. The predicted molar refractivity (Wildman–Crippen MR) is 155 cm³/mol. The monoisotopic (exact) mass is 585 g/mol. The van der Waals surface area contributed by atoms with Crippen LogP contribution < -0.4 is 10.9 Å². The third-order valence-electron chi connectivity index (χ3n) is 7.81. The highest BCUT2D eigenvalue weighted by Crippen LogP contribution is 2.41. The van der Waals surface area contributed by atoms with Crippen molar-refractivity contribution >= 4 is 44.4 Å². The largest absolute Gasteiger partial charge is 0.458 e. The topological polar surface area (TPSA) is 111 Å². The van der Waals surface area contributed by atoms with E-state index in [2.05, 4.69) is 19.2 Å². The first-order valence-electron chi connectivity index (χ1n) is 13.2. The maximum Gasteiger partial charge on any atom is 0.343 e. The van der Waals surface area contributed by atoms with E-state index >= 15 is 0 Å². The van der Waals surface area contributed by atoms with E-state index < -0.39 is 17.4 Å². The molecule has 0 unspecified atom stereocenters. The summed E-state index contributed by atoms with van der Waals surface area (Å²) in [4.78, 5) is 43.7. The third-order valence-corrected chi connectivity index (χ3v) is 10.5. The number of aryl methyl sites for hydroxylation is 1. The fourth-order valence-corrected chi connectivity index (χ4v) is 7.69. The lowest BCUT2D eigenvalue weighted by Gasteiger charge is -2.31. The molecule has 40 heavy (non-hydrogen) atoms. The number of hydrogen-bond acceptors (Lipinski definition) is 8. The standard InChI is InChI=1S/C29H32FN3O5S2/c1-6-29(37)20-10-23-25-18(13-33(23)26(35)19(20)14-38-27(29)36)17(16-9-15(2)21(30)11-22(16)32-25)12-31-24(34)7-8-28(3,4)40-39-5/h9-11,37H,6-8,12-14H2,1-5H3,(H,31,34)/t29-/m0/s1. The summed E-state index contributed by atoms with van der Waals surface area (Å²) in [6, 6.07) is 4.71. The number of nitrogens with zero attached hydrogens (tertiary/aromatic N) is 2. The van der Waals surface area contributed by atoms with Gasteiger partial charge in [-0.1, -0.05) is 28.5 Å². The van der Waals surface area contributed by atoms with Gasteiger partial charge in [-0.2, -0.15) is 0 Å². The minimum atomic E-state index is -1.94. The van der Waals surface area contributed by atoms with E-state index in [1.807, 2.05) is 6.26 Å². The van der Waals surface area contributed by atoms with Crippen molar-refractivity contribution in [1.29, 1.82) is 0 Å². The van der Waals surface area contributed by atoms with Crippen molar-refractivity contribution in [2.75, 3.05) is 6.26 Å². The molecule has 2 aliphatic rings. The van der Waals surface area contributed by atoms with Crippen LogP contribution in [0.2, 0.25) is 0 Å². The van der Waals surface area contributed by atoms with E-state index in [9.17, 15) is 23.9 Å². The molecule has 1 amide bonds. The molecule has 5 rings (SSSR count). The number of rotatable bonds is 8. The van der Waals surface area contributed by atoms with Gasteiger partial charge in [-0.05, 0) is 63.1 Å². The third kappa shape index (κ3) is 4.81. The smallest absolute Gasteiger partial charge is 0.343 e. The molecule has 212 valence electrons. The van der Waals surface area contributed by atoms with Crippen LogP contribution in [0, 0.1) is 12.7 Å². The first-order valence-corrected chi connectivity index (χ1v) is 15.7. The molecule has 2 N–H and O–H groups in total. The van der Waals surface area contributed by atoms with Crippen LogP contribution in [-0.4, -0.2) is 37.5 Å². The van der Waals surface area contributed by atoms with Crippen molar-refractivity contribution < 1.29 is 23.8 Å². The summed E-state index contributed by atoms with van der Waals surface area (Å²) in [5, 5.41) is 14.9. The molecule has 1 atom stereocenters. The number of fused-ring (bicyclic) bond motifs is 5. The molecule has 4 heterocycles. The highest BCUT2D eigenvalue weighted by Gasteiger charge is 2.45. The van der Waals surface area contributed by atoms with Gasteiger partial charge in [0, 0.05) is 40.3 Å². The van der Waals surface area contributed by atoms with Crippen molar-refractivity contribution in [1.82, 2.24) is 14.9 Å². The molecule has 0 fully saturated rings. The highest BCUT2D eigenvalue weighted by atomic mass is 33.1. The number of aromatic nitrogens is 2. The Balaban J connectivity index is 1.59. The minimum absolute atomic E-state index is 0.0355. The number of benzene rings is 1. The number of carbonyl (C=O) groups excluding carboxylic acids is 2. The van der Waals surface area contributed by atoms with Gasteiger partial charge in [0.25, 0.3) is 5.56 Å². The predicted octanol–water partition coefficient (Wildman–Crippen LogP) is 4.71. The van der Waals surface area contributed by atoms with Gasteiger partial charge >= 0.3 is 5.97 Å². The second-order valence-corrected chi connectivity index (χ2v) is 14.0. The average molecular weight is 586 g/mol. The number of halogens is 1. The Kier molecular flexibility index (Phi) is 7.52. The van der Waals surface area contributed by atoms with E-state index in [1.165, 1.54) is 6.07 Å². The molecule has 2 aromatic heterocycles. The number of hydrogen-bond donors (Lipinski definition) is 2. The molecule has 0 saturated heterocycles. The summed E-state index contributed by atoms with van der Waals surface area (Å²) in [5.74, 6) is -1.30. The molecule has 0 saturated carbocycles. The molecule has 0 aliphatic carbocycles. The highest BCUT2D eigenvalue weighted by molar-refractivity contribution is 8.76. The van der Waals surface area contributed by atoms with Gasteiger partial charge in [0.1, 0.15) is 12.4 Å². The van der Waals surface area contributed by atoms with Crippen molar-refractivity contribution in [3.05, 3.63) is 62.2 Å². The normalized spacial score (nSPS) is 17.8. The van der Waals surface area contributed by atoms with E-state index in [4.69, 9.17) is 9.72 Å². The second-order valence-electron chi connectivity index (χ2n) is 10.9. The average Bonchev–Trinajstić information content (AvgIpc) is 3.27. The van der Waals surface area contributed by atoms with E-state index in [0.29, 0.717) is 40.7 Å². The maximum absolute atomic E-state index is 14.6. The van der Waals surface area contributed by atoms with Crippen LogP contribution in [0.5, 0.6) is 0 Å². The van der Waals surface area contributed by atoms with Crippen LogP contribution in [0.25, 0.3) is 22.3 Å². The molecule has 2 aliphatic heterocycles. The van der Waals surface area contributed by atoms with E-state index in [0.717, 1.165) is 11.1 Å². The van der Waals surface area contributed by atoms with Gasteiger partial charge in [-0.25, -0.2) is 14.2 Å². The van der Waals surface area contributed by atoms with Gasteiger partial charge in [-0.3, -0.25) is 9.59 Å². The summed E-state index contributed by atoms with van der Waals surface area (Å²) in [7, 11) is 3.40. The lowest BCUT2D eigenvalue weighted by molar-refractivity contribution is -0.172. The summed E-state index contributed by atoms with van der Waals surface area (Å²) in [6.07, 6.45) is 3.11. The Hall–Kier alpha value is -2.89. The molecular weight excluding hydrogens is 553 g/mol. The maximum atomic E-state index is 14.6. The number of esters is 1. The van der Waals surface area contributed by atoms with E-state index in [1.54, 1.807) is 52.1 Å². The fourth-order valence-electron chi connectivity index (χ4n) is 5.45.